The summed E-state index contributed by atoms with van der Waals surface area (Å²) in [7, 11) is 0. The van der Waals surface area contributed by atoms with Gasteiger partial charge in [0.2, 0.25) is 0 Å². The number of anilines is 1. The predicted octanol–water partition coefficient (Wildman–Crippen LogP) is 3.73. The molecule has 0 fully saturated rings. The van der Waals surface area contributed by atoms with Gasteiger partial charge >= 0.3 is 6.18 Å². The highest BCUT2D eigenvalue weighted by Gasteiger charge is 2.31. The maximum Gasteiger partial charge on any atom is 0.405 e. The molecule has 0 aliphatic heterocycles. The SMILES string of the molecule is CCN(CC(F)(F)F)c1ccc(Br)cc1CC(C)N. The molecule has 0 saturated heterocycles. The number of hydrogen-bond donors (Lipinski definition) is 1. The Balaban J connectivity index is 3.08. The van der Waals surface area contributed by atoms with E-state index in [4.69, 9.17) is 5.73 Å². The molecule has 0 amide bonds. The number of benzene rings is 1. The van der Waals surface area contributed by atoms with Gasteiger partial charge in [0, 0.05) is 22.7 Å². The van der Waals surface area contributed by atoms with E-state index < -0.39 is 12.7 Å². The summed E-state index contributed by atoms with van der Waals surface area (Å²) in [5.41, 5.74) is 7.18. The molecule has 0 heterocycles. The lowest BCUT2D eigenvalue weighted by Gasteiger charge is -2.27. The second-order valence-electron chi connectivity index (χ2n) is 4.58. The van der Waals surface area contributed by atoms with Crippen molar-refractivity contribution in [3.05, 3.63) is 28.2 Å². The molecule has 2 nitrogen and oxygen atoms in total. The average molecular weight is 339 g/mol. The van der Waals surface area contributed by atoms with E-state index in [2.05, 4.69) is 15.9 Å². The summed E-state index contributed by atoms with van der Waals surface area (Å²) in [6, 6.07) is 5.19. The largest absolute Gasteiger partial charge is 0.405 e. The standard InChI is InChI=1S/C13H18BrF3N2/c1-3-19(8-13(15,16)17)12-5-4-11(14)7-10(12)6-9(2)18/h4-5,7,9H,3,6,8,18H2,1-2H3. The van der Waals surface area contributed by atoms with Gasteiger partial charge in [0.05, 0.1) is 0 Å². The highest BCUT2D eigenvalue weighted by Crippen LogP contribution is 2.28. The van der Waals surface area contributed by atoms with Gasteiger partial charge in [-0.3, -0.25) is 0 Å². The molecule has 0 radical (unpaired) electrons. The Morgan fingerprint density at radius 1 is 1.37 bits per heavy atom. The highest BCUT2D eigenvalue weighted by atomic mass is 79.9. The lowest BCUT2D eigenvalue weighted by atomic mass is 10.0. The van der Waals surface area contributed by atoms with Gasteiger partial charge in [-0.2, -0.15) is 13.2 Å². The summed E-state index contributed by atoms with van der Waals surface area (Å²) >= 11 is 3.34. The normalized spacial score (nSPS) is 13.4. The first-order chi connectivity index (χ1) is 8.73. The Bertz CT molecular complexity index is 419. The lowest BCUT2D eigenvalue weighted by Crippen LogP contribution is -2.35. The second kappa shape index (κ2) is 6.61. The Morgan fingerprint density at radius 2 is 2.00 bits per heavy atom. The second-order valence-corrected chi connectivity index (χ2v) is 5.50. The zero-order valence-corrected chi connectivity index (χ0v) is 12.6. The van der Waals surface area contributed by atoms with Crippen LogP contribution in [0.2, 0.25) is 0 Å². The zero-order valence-electron chi connectivity index (χ0n) is 11.0. The fourth-order valence-corrected chi connectivity index (χ4v) is 2.37. The van der Waals surface area contributed by atoms with Crippen LogP contribution in [0.4, 0.5) is 18.9 Å². The van der Waals surface area contributed by atoms with Crippen LogP contribution in [0, 0.1) is 0 Å². The van der Waals surface area contributed by atoms with Crippen molar-refractivity contribution in [3.8, 4) is 0 Å². The summed E-state index contributed by atoms with van der Waals surface area (Å²) in [6.07, 6.45) is -3.67. The van der Waals surface area contributed by atoms with E-state index in [0.29, 0.717) is 18.7 Å². The van der Waals surface area contributed by atoms with Crippen LogP contribution in [0.5, 0.6) is 0 Å². The summed E-state index contributed by atoms with van der Waals surface area (Å²) in [6.45, 7) is 2.90. The van der Waals surface area contributed by atoms with E-state index in [0.717, 1.165) is 10.0 Å². The van der Waals surface area contributed by atoms with Gasteiger partial charge in [-0.25, -0.2) is 0 Å². The van der Waals surface area contributed by atoms with Crippen molar-refractivity contribution >= 4 is 21.6 Å². The van der Waals surface area contributed by atoms with Crippen molar-refractivity contribution in [2.24, 2.45) is 5.73 Å². The number of halogens is 4. The van der Waals surface area contributed by atoms with Crippen molar-refractivity contribution in [1.82, 2.24) is 0 Å². The summed E-state index contributed by atoms with van der Waals surface area (Å²) in [4.78, 5) is 1.32. The smallest absolute Gasteiger partial charge is 0.363 e. The van der Waals surface area contributed by atoms with Crippen LogP contribution in [0.3, 0.4) is 0 Å². The summed E-state index contributed by atoms with van der Waals surface area (Å²) in [5.74, 6) is 0. The first-order valence-electron chi connectivity index (χ1n) is 6.08. The molecule has 19 heavy (non-hydrogen) atoms. The number of alkyl halides is 3. The Kier molecular flexibility index (Phi) is 5.67. The van der Waals surface area contributed by atoms with E-state index in [1.165, 1.54) is 4.90 Å². The molecule has 0 bridgehead atoms. The maximum absolute atomic E-state index is 12.6. The molecule has 1 atom stereocenters. The molecule has 1 aromatic rings. The van der Waals surface area contributed by atoms with Crippen molar-refractivity contribution in [3.63, 3.8) is 0 Å². The van der Waals surface area contributed by atoms with Crippen molar-refractivity contribution < 1.29 is 13.2 Å². The van der Waals surface area contributed by atoms with Gasteiger partial charge in [-0.1, -0.05) is 15.9 Å². The predicted molar refractivity (Wildman–Crippen MR) is 75.4 cm³/mol. The Labute approximate surface area is 119 Å². The fourth-order valence-electron chi connectivity index (χ4n) is 1.96. The maximum atomic E-state index is 12.6. The minimum atomic E-state index is -4.21. The third kappa shape index (κ3) is 5.40. The summed E-state index contributed by atoms with van der Waals surface area (Å²) in [5, 5.41) is 0. The molecular weight excluding hydrogens is 321 g/mol. The molecule has 0 aliphatic rings. The molecular formula is C13H18BrF3N2. The molecule has 1 aromatic carbocycles. The van der Waals surface area contributed by atoms with Gasteiger partial charge in [-0.05, 0) is 44.0 Å². The Hall–Kier alpha value is -0.750. The minimum Gasteiger partial charge on any atom is -0.363 e. The number of nitrogens with zero attached hydrogens (tertiary/aromatic N) is 1. The average Bonchev–Trinajstić information content (AvgIpc) is 2.24. The van der Waals surface area contributed by atoms with Gasteiger partial charge in [-0.15, -0.1) is 0 Å². The molecule has 1 rings (SSSR count). The number of hydrogen-bond acceptors (Lipinski definition) is 2. The molecule has 0 aromatic heterocycles. The van der Waals surface area contributed by atoms with Crippen LogP contribution < -0.4 is 10.6 Å². The number of nitrogens with two attached hydrogens (primary N) is 1. The van der Waals surface area contributed by atoms with Gasteiger partial charge in [0.1, 0.15) is 6.54 Å². The quantitative estimate of drug-likeness (QED) is 0.886. The molecule has 2 N–H and O–H groups in total. The monoisotopic (exact) mass is 338 g/mol. The first kappa shape index (κ1) is 16.3. The van der Waals surface area contributed by atoms with Gasteiger partial charge in [0.25, 0.3) is 0 Å². The zero-order chi connectivity index (χ0) is 14.6. The third-order valence-corrected chi connectivity index (χ3v) is 3.17. The summed E-state index contributed by atoms with van der Waals surface area (Å²) < 4.78 is 38.6. The Morgan fingerprint density at radius 3 is 2.47 bits per heavy atom. The fraction of sp³-hybridized carbons (Fsp3) is 0.538. The van der Waals surface area contributed by atoms with E-state index in [9.17, 15) is 13.2 Å². The van der Waals surface area contributed by atoms with Crippen molar-refractivity contribution in [1.29, 1.82) is 0 Å². The topological polar surface area (TPSA) is 29.3 Å². The minimum absolute atomic E-state index is 0.0994. The van der Waals surface area contributed by atoms with Crippen LogP contribution in [0.1, 0.15) is 19.4 Å². The lowest BCUT2D eigenvalue weighted by molar-refractivity contribution is -0.119. The highest BCUT2D eigenvalue weighted by molar-refractivity contribution is 9.10. The van der Waals surface area contributed by atoms with Crippen LogP contribution in [-0.2, 0) is 6.42 Å². The van der Waals surface area contributed by atoms with Crippen LogP contribution in [0.25, 0.3) is 0 Å². The van der Waals surface area contributed by atoms with Crippen LogP contribution in [-0.4, -0.2) is 25.3 Å². The molecule has 6 heteroatoms. The van der Waals surface area contributed by atoms with E-state index in [-0.39, 0.29) is 6.04 Å². The van der Waals surface area contributed by atoms with Gasteiger partial charge in [0.15, 0.2) is 0 Å². The van der Waals surface area contributed by atoms with E-state index >= 15 is 0 Å². The third-order valence-electron chi connectivity index (χ3n) is 2.68. The van der Waals surface area contributed by atoms with Crippen molar-refractivity contribution in [2.75, 3.05) is 18.0 Å². The van der Waals surface area contributed by atoms with Crippen LogP contribution >= 0.6 is 15.9 Å². The molecule has 1 unspecified atom stereocenters. The van der Waals surface area contributed by atoms with E-state index in [1.807, 2.05) is 13.0 Å². The van der Waals surface area contributed by atoms with Gasteiger partial charge < -0.3 is 10.6 Å². The molecule has 0 saturated carbocycles. The van der Waals surface area contributed by atoms with E-state index in [1.54, 1.807) is 19.1 Å². The molecule has 0 spiro atoms. The first-order valence-corrected chi connectivity index (χ1v) is 6.88. The number of rotatable bonds is 5. The van der Waals surface area contributed by atoms with Crippen molar-refractivity contribution in [2.45, 2.75) is 32.5 Å². The van der Waals surface area contributed by atoms with Crippen LogP contribution in [0.15, 0.2) is 22.7 Å². The molecule has 108 valence electrons. The molecule has 0 aliphatic carbocycles.